The summed E-state index contributed by atoms with van der Waals surface area (Å²) in [6.45, 7) is 0.352. The molecule has 0 atom stereocenters. The molecule has 0 saturated heterocycles. The second-order valence-corrected chi connectivity index (χ2v) is 5.10. The molecule has 0 fully saturated rings. The van der Waals surface area contributed by atoms with Crippen LogP contribution in [0.4, 0.5) is 0 Å². The fourth-order valence-corrected chi connectivity index (χ4v) is 2.47. The topological polar surface area (TPSA) is 48.1 Å². The molecule has 5 heteroatoms. The standard InChI is InChI=1S/C12H10Br2N2O/c13-8-3-4-11(9(14)6-8)17-12-2-1-5-16-10(12)7-15/h1-6H,7,15H2. The van der Waals surface area contributed by atoms with Crippen molar-refractivity contribution in [1.29, 1.82) is 0 Å². The second kappa shape index (κ2) is 5.62. The summed E-state index contributed by atoms with van der Waals surface area (Å²) in [6, 6.07) is 9.39. The largest absolute Gasteiger partial charge is 0.454 e. The van der Waals surface area contributed by atoms with E-state index in [2.05, 4.69) is 36.8 Å². The fraction of sp³-hybridized carbons (Fsp3) is 0.0833. The number of rotatable bonds is 3. The lowest BCUT2D eigenvalue weighted by Gasteiger charge is -2.10. The Bertz CT molecular complexity index is 532. The highest BCUT2D eigenvalue weighted by atomic mass is 79.9. The molecular formula is C12H10Br2N2O. The Kier molecular flexibility index (Phi) is 4.15. The van der Waals surface area contributed by atoms with E-state index in [-0.39, 0.29) is 0 Å². The van der Waals surface area contributed by atoms with Gasteiger partial charge in [-0.2, -0.15) is 0 Å². The van der Waals surface area contributed by atoms with Crippen molar-refractivity contribution in [2.45, 2.75) is 6.54 Å². The maximum Gasteiger partial charge on any atom is 0.150 e. The highest BCUT2D eigenvalue weighted by Gasteiger charge is 2.07. The summed E-state index contributed by atoms with van der Waals surface area (Å²) >= 11 is 6.84. The van der Waals surface area contributed by atoms with E-state index in [0.717, 1.165) is 20.4 Å². The van der Waals surface area contributed by atoms with Crippen molar-refractivity contribution in [2.75, 3.05) is 0 Å². The zero-order valence-electron chi connectivity index (χ0n) is 8.86. The van der Waals surface area contributed by atoms with Gasteiger partial charge in [0.05, 0.1) is 10.2 Å². The van der Waals surface area contributed by atoms with E-state index in [0.29, 0.717) is 12.3 Å². The SMILES string of the molecule is NCc1ncccc1Oc1ccc(Br)cc1Br. The van der Waals surface area contributed by atoms with Crippen molar-refractivity contribution in [3.05, 3.63) is 51.2 Å². The molecule has 1 heterocycles. The summed E-state index contributed by atoms with van der Waals surface area (Å²) in [5.41, 5.74) is 6.34. The van der Waals surface area contributed by atoms with Gasteiger partial charge in [-0.15, -0.1) is 0 Å². The predicted molar refractivity (Wildman–Crippen MR) is 74.0 cm³/mol. The Morgan fingerprint density at radius 3 is 2.71 bits per heavy atom. The number of hydrogen-bond acceptors (Lipinski definition) is 3. The highest BCUT2D eigenvalue weighted by molar-refractivity contribution is 9.11. The van der Waals surface area contributed by atoms with Crippen molar-refractivity contribution in [1.82, 2.24) is 4.98 Å². The van der Waals surface area contributed by atoms with Crippen LogP contribution in [0, 0.1) is 0 Å². The average Bonchev–Trinajstić information content (AvgIpc) is 2.33. The molecule has 1 aromatic carbocycles. The molecule has 0 spiro atoms. The van der Waals surface area contributed by atoms with Gasteiger partial charge in [0.15, 0.2) is 0 Å². The monoisotopic (exact) mass is 356 g/mol. The van der Waals surface area contributed by atoms with E-state index in [4.69, 9.17) is 10.5 Å². The summed E-state index contributed by atoms with van der Waals surface area (Å²) in [5, 5.41) is 0. The molecule has 2 aromatic rings. The molecule has 88 valence electrons. The fourth-order valence-electron chi connectivity index (χ4n) is 1.35. The van der Waals surface area contributed by atoms with Gasteiger partial charge in [0.1, 0.15) is 11.5 Å². The maximum absolute atomic E-state index is 5.78. The number of pyridine rings is 1. The molecule has 1 aromatic heterocycles. The molecule has 0 radical (unpaired) electrons. The lowest BCUT2D eigenvalue weighted by molar-refractivity contribution is 0.469. The normalized spacial score (nSPS) is 10.3. The van der Waals surface area contributed by atoms with Crippen LogP contribution in [0.25, 0.3) is 0 Å². The van der Waals surface area contributed by atoms with Crippen LogP contribution in [-0.4, -0.2) is 4.98 Å². The number of nitrogens with zero attached hydrogens (tertiary/aromatic N) is 1. The zero-order valence-corrected chi connectivity index (χ0v) is 12.0. The van der Waals surface area contributed by atoms with Gasteiger partial charge in [0.25, 0.3) is 0 Å². The van der Waals surface area contributed by atoms with E-state index < -0.39 is 0 Å². The summed E-state index contributed by atoms with van der Waals surface area (Å²) in [6.07, 6.45) is 1.70. The first-order valence-electron chi connectivity index (χ1n) is 4.97. The zero-order chi connectivity index (χ0) is 12.3. The molecule has 17 heavy (non-hydrogen) atoms. The first kappa shape index (κ1) is 12.5. The Labute approximate surface area is 116 Å². The maximum atomic E-state index is 5.78. The van der Waals surface area contributed by atoms with Crippen LogP contribution < -0.4 is 10.5 Å². The summed E-state index contributed by atoms with van der Waals surface area (Å²) < 4.78 is 7.64. The lowest BCUT2D eigenvalue weighted by atomic mass is 10.3. The molecule has 3 nitrogen and oxygen atoms in total. The third kappa shape index (κ3) is 3.06. The molecule has 2 rings (SSSR count). The van der Waals surface area contributed by atoms with Crippen molar-refractivity contribution in [2.24, 2.45) is 5.73 Å². The minimum atomic E-state index is 0.352. The molecule has 0 aliphatic carbocycles. The third-order valence-corrected chi connectivity index (χ3v) is 3.27. The highest BCUT2D eigenvalue weighted by Crippen LogP contribution is 2.32. The molecule has 0 amide bonds. The molecule has 0 unspecified atom stereocenters. The number of benzene rings is 1. The minimum Gasteiger partial charge on any atom is -0.454 e. The van der Waals surface area contributed by atoms with E-state index in [1.165, 1.54) is 0 Å². The van der Waals surface area contributed by atoms with Crippen LogP contribution in [0.3, 0.4) is 0 Å². The van der Waals surface area contributed by atoms with Crippen molar-refractivity contribution < 1.29 is 4.74 Å². The number of aromatic nitrogens is 1. The first-order valence-corrected chi connectivity index (χ1v) is 6.56. The van der Waals surface area contributed by atoms with Crippen molar-refractivity contribution in [3.63, 3.8) is 0 Å². The van der Waals surface area contributed by atoms with Gasteiger partial charge in [-0.05, 0) is 46.3 Å². The van der Waals surface area contributed by atoms with Gasteiger partial charge in [-0.1, -0.05) is 15.9 Å². The number of hydrogen-bond donors (Lipinski definition) is 1. The first-order chi connectivity index (χ1) is 8.20. The summed E-state index contributed by atoms with van der Waals surface area (Å²) in [5.74, 6) is 1.41. The Hall–Kier alpha value is -0.910. The number of nitrogens with two attached hydrogens (primary N) is 1. The quantitative estimate of drug-likeness (QED) is 0.907. The van der Waals surface area contributed by atoms with Crippen molar-refractivity contribution >= 4 is 31.9 Å². The van der Waals surface area contributed by atoms with Gasteiger partial charge in [0, 0.05) is 17.2 Å². The second-order valence-electron chi connectivity index (χ2n) is 3.33. The number of halogens is 2. The average molecular weight is 358 g/mol. The molecule has 0 aliphatic rings. The van der Waals surface area contributed by atoms with Gasteiger partial charge in [-0.3, -0.25) is 4.98 Å². The molecule has 2 N–H and O–H groups in total. The summed E-state index contributed by atoms with van der Waals surface area (Å²) in [7, 11) is 0. The van der Waals surface area contributed by atoms with E-state index in [1.54, 1.807) is 6.20 Å². The Balaban J connectivity index is 2.31. The van der Waals surface area contributed by atoms with Crippen LogP contribution in [0.1, 0.15) is 5.69 Å². The molecular weight excluding hydrogens is 348 g/mol. The Morgan fingerprint density at radius 1 is 1.18 bits per heavy atom. The van der Waals surface area contributed by atoms with E-state index in [1.807, 2.05) is 30.3 Å². The van der Waals surface area contributed by atoms with Crippen LogP contribution in [0.15, 0.2) is 45.5 Å². The number of ether oxygens (including phenoxy) is 1. The lowest BCUT2D eigenvalue weighted by Crippen LogP contribution is -2.01. The smallest absolute Gasteiger partial charge is 0.150 e. The van der Waals surface area contributed by atoms with E-state index in [9.17, 15) is 0 Å². The Morgan fingerprint density at radius 2 is 2.00 bits per heavy atom. The molecule has 0 bridgehead atoms. The van der Waals surface area contributed by atoms with Gasteiger partial charge >= 0.3 is 0 Å². The van der Waals surface area contributed by atoms with Crippen LogP contribution in [0.2, 0.25) is 0 Å². The van der Waals surface area contributed by atoms with Gasteiger partial charge in [0.2, 0.25) is 0 Å². The van der Waals surface area contributed by atoms with E-state index >= 15 is 0 Å². The van der Waals surface area contributed by atoms with Crippen LogP contribution >= 0.6 is 31.9 Å². The summed E-state index contributed by atoms with van der Waals surface area (Å²) in [4.78, 5) is 4.17. The van der Waals surface area contributed by atoms with Crippen LogP contribution in [-0.2, 0) is 6.54 Å². The third-order valence-electron chi connectivity index (χ3n) is 2.16. The molecule has 0 saturated carbocycles. The predicted octanol–water partition coefficient (Wildman–Crippen LogP) is 3.86. The molecule has 0 aliphatic heterocycles. The van der Waals surface area contributed by atoms with Gasteiger partial charge < -0.3 is 10.5 Å². The van der Waals surface area contributed by atoms with Crippen LogP contribution in [0.5, 0.6) is 11.5 Å². The van der Waals surface area contributed by atoms with Gasteiger partial charge in [-0.25, -0.2) is 0 Å². The minimum absolute atomic E-state index is 0.352. The van der Waals surface area contributed by atoms with Crippen molar-refractivity contribution in [3.8, 4) is 11.5 Å².